The van der Waals surface area contributed by atoms with Crippen LogP contribution in [-0.2, 0) is 19.4 Å². The molecule has 0 saturated carbocycles. The van der Waals surface area contributed by atoms with E-state index in [1.807, 2.05) is 0 Å². The number of carbonyl (C=O) groups is 2. The van der Waals surface area contributed by atoms with Crippen LogP contribution >= 0.6 is 19.1 Å². The summed E-state index contributed by atoms with van der Waals surface area (Å²) < 4.78 is 40.3. The standard InChI is InChI=1S/C21H18ClN6O6PS/c1-13-18(20(30)28(25-13)19(29)14-3-5-15(22)6-4-14)35(31,32)26-16-7-9-17(10-8-16)36(33,34)27-21-23-11-2-12-24-21/h2-12,18H,1H3,(H,23,24,27)(H2,26,31,32). The Bertz CT molecular complexity index is 1500. The molecule has 12 nitrogen and oxygen atoms in total. The molecule has 2 unspecified atom stereocenters. The molecule has 2 amide bonds. The summed E-state index contributed by atoms with van der Waals surface area (Å²) in [5.74, 6) is -1.87. The summed E-state index contributed by atoms with van der Waals surface area (Å²) in [6, 6.07) is 12.2. The number of hydrogen-bond acceptors (Lipinski definition) is 8. The summed E-state index contributed by atoms with van der Waals surface area (Å²) in [6.45, 7) is 1.36. The molecule has 3 aromatic rings. The van der Waals surface area contributed by atoms with Gasteiger partial charge in [-0.2, -0.15) is 10.1 Å². The number of imide groups is 1. The number of nitrogens with zero attached hydrogens (tertiary/aromatic N) is 4. The van der Waals surface area contributed by atoms with Crippen LogP contribution in [0, 0.1) is 0 Å². The zero-order valence-electron chi connectivity index (χ0n) is 18.4. The first-order chi connectivity index (χ1) is 17.0. The lowest BCUT2D eigenvalue weighted by molar-refractivity contribution is -0.126. The van der Waals surface area contributed by atoms with Gasteiger partial charge in [0.15, 0.2) is 5.66 Å². The van der Waals surface area contributed by atoms with Crippen molar-refractivity contribution in [3.63, 3.8) is 0 Å². The molecule has 0 saturated heterocycles. The van der Waals surface area contributed by atoms with Crippen molar-refractivity contribution in [1.82, 2.24) is 15.0 Å². The molecule has 1 aliphatic rings. The van der Waals surface area contributed by atoms with Crippen molar-refractivity contribution in [2.24, 2.45) is 5.10 Å². The third-order valence-electron chi connectivity index (χ3n) is 4.97. The first-order valence-electron chi connectivity index (χ1n) is 10.2. The molecule has 2 atom stereocenters. The lowest BCUT2D eigenvalue weighted by Gasteiger charge is -2.20. The number of aromatic nitrogens is 2. The highest BCUT2D eigenvalue weighted by molar-refractivity contribution is 7.92. The second-order valence-corrected chi connectivity index (χ2v) is 11.6. The van der Waals surface area contributed by atoms with Crippen molar-refractivity contribution in [3.8, 4) is 0 Å². The van der Waals surface area contributed by atoms with Crippen molar-refractivity contribution < 1.29 is 27.5 Å². The Morgan fingerprint density at radius 1 is 1.08 bits per heavy atom. The van der Waals surface area contributed by atoms with E-state index in [4.69, 9.17) is 11.6 Å². The Morgan fingerprint density at radius 2 is 1.69 bits per heavy atom. The molecule has 0 spiro atoms. The Labute approximate surface area is 210 Å². The van der Waals surface area contributed by atoms with Gasteiger partial charge in [-0.05, 0) is 61.5 Å². The average molecular weight is 549 g/mol. The van der Waals surface area contributed by atoms with Crippen molar-refractivity contribution >= 4 is 58.3 Å². The monoisotopic (exact) mass is 548 g/mol. The number of rotatable bonds is 7. The summed E-state index contributed by atoms with van der Waals surface area (Å²) in [4.78, 5) is 43.7. The van der Waals surface area contributed by atoms with Crippen LogP contribution < -0.4 is 9.81 Å². The largest absolute Gasteiger partial charge is 0.328 e. The lowest BCUT2D eigenvalue weighted by atomic mass is 10.2. The zero-order chi connectivity index (χ0) is 26.1. The SMILES string of the molecule is CC1=NN(C(=O)c2ccc(Cl)cc2)C(=O)C1P(=O)(O)Nc1ccc(S(=O)(=O)Nc2ncccn2)cc1. The van der Waals surface area contributed by atoms with Crippen molar-refractivity contribution in [1.29, 1.82) is 0 Å². The second kappa shape index (κ2) is 9.78. The fourth-order valence-electron chi connectivity index (χ4n) is 3.31. The molecule has 0 fully saturated rings. The predicted octanol–water partition coefficient (Wildman–Crippen LogP) is 2.96. The molecule has 186 valence electrons. The van der Waals surface area contributed by atoms with Crippen LogP contribution in [0.4, 0.5) is 11.6 Å². The molecule has 36 heavy (non-hydrogen) atoms. The Balaban J connectivity index is 1.49. The van der Waals surface area contributed by atoms with Gasteiger partial charge in [-0.15, -0.1) is 0 Å². The maximum absolute atomic E-state index is 13.1. The van der Waals surface area contributed by atoms with Gasteiger partial charge in [-0.3, -0.25) is 14.2 Å². The Morgan fingerprint density at radius 3 is 2.31 bits per heavy atom. The van der Waals surface area contributed by atoms with Crippen LogP contribution in [0.1, 0.15) is 17.3 Å². The van der Waals surface area contributed by atoms with Gasteiger partial charge in [0.25, 0.3) is 21.8 Å². The van der Waals surface area contributed by atoms with Crippen LogP contribution in [0.5, 0.6) is 0 Å². The van der Waals surface area contributed by atoms with Gasteiger partial charge in [-0.1, -0.05) is 11.6 Å². The Hall–Kier alpha value is -3.64. The predicted molar refractivity (Wildman–Crippen MR) is 132 cm³/mol. The molecule has 15 heteroatoms. The molecule has 2 heterocycles. The summed E-state index contributed by atoms with van der Waals surface area (Å²) in [7, 11) is -8.50. The van der Waals surface area contributed by atoms with E-state index < -0.39 is 35.0 Å². The molecular weight excluding hydrogens is 531 g/mol. The Kier molecular flexibility index (Phi) is 6.92. The molecule has 4 rings (SSSR count). The second-order valence-electron chi connectivity index (χ2n) is 7.54. The number of halogens is 1. The van der Waals surface area contributed by atoms with E-state index in [1.165, 1.54) is 73.9 Å². The van der Waals surface area contributed by atoms with E-state index in [1.54, 1.807) is 0 Å². The van der Waals surface area contributed by atoms with E-state index in [2.05, 4.69) is 24.9 Å². The van der Waals surface area contributed by atoms with Gasteiger partial charge in [0.05, 0.1) is 10.6 Å². The number of sulfonamides is 1. The van der Waals surface area contributed by atoms with E-state index in [9.17, 15) is 27.5 Å². The van der Waals surface area contributed by atoms with Crippen LogP contribution in [-0.4, -0.2) is 51.5 Å². The van der Waals surface area contributed by atoms with Gasteiger partial charge in [0, 0.05) is 28.7 Å². The number of anilines is 2. The number of hydrogen-bond donors (Lipinski definition) is 3. The minimum absolute atomic E-state index is 0.0353. The van der Waals surface area contributed by atoms with E-state index >= 15 is 0 Å². The van der Waals surface area contributed by atoms with E-state index in [-0.39, 0.29) is 27.8 Å². The number of amides is 2. The molecule has 3 N–H and O–H groups in total. The van der Waals surface area contributed by atoms with Gasteiger partial charge in [0.2, 0.25) is 5.95 Å². The van der Waals surface area contributed by atoms with Crippen molar-refractivity contribution in [3.05, 3.63) is 77.6 Å². The summed E-state index contributed by atoms with van der Waals surface area (Å²) in [6.07, 6.45) is 2.74. The highest BCUT2D eigenvalue weighted by atomic mass is 35.5. The average Bonchev–Trinajstić information content (AvgIpc) is 3.14. The van der Waals surface area contributed by atoms with Gasteiger partial charge in [-0.25, -0.2) is 23.1 Å². The molecule has 1 aliphatic heterocycles. The molecule has 0 aliphatic carbocycles. The number of nitrogens with one attached hydrogen (secondary N) is 2. The van der Waals surface area contributed by atoms with Crippen molar-refractivity contribution in [2.75, 3.05) is 9.81 Å². The van der Waals surface area contributed by atoms with Gasteiger partial charge >= 0.3 is 7.52 Å². The molecular formula is C21H18ClN6O6PS. The molecule has 1 aromatic heterocycles. The van der Waals surface area contributed by atoms with Crippen LogP contribution in [0.25, 0.3) is 0 Å². The topological polar surface area (TPSA) is 171 Å². The molecule has 2 aromatic carbocycles. The maximum atomic E-state index is 13.1. The summed E-state index contributed by atoms with van der Waals surface area (Å²) in [5.41, 5.74) is -1.46. The first kappa shape index (κ1) is 25.5. The highest BCUT2D eigenvalue weighted by Crippen LogP contribution is 2.49. The zero-order valence-corrected chi connectivity index (χ0v) is 20.9. The summed E-state index contributed by atoms with van der Waals surface area (Å²) >= 11 is 5.82. The molecule has 0 radical (unpaired) electrons. The fourth-order valence-corrected chi connectivity index (χ4v) is 6.01. The maximum Gasteiger partial charge on any atom is 0.309 e. The van der Waals surface area contributed by atoms with Gasteiger partial charge < -0.3 is 9.98 Å². The van der Waals surface area contributed by atoms with E-state index in [0.29, 0.717) is 10.0 Å². The minimum atomic E-state index is -4.49. The third kappa shape index (κ3) is 5.29. The van der Waals surface area contributed by atoms with E-state index in [0.717, 1.165) is 0 Å². The van der Waals surface area contributed by atoms with Crippen molar-refractivity contribution in [2.45, 2.75) is 17.5 Å². The molecule has 0 bridgehead atoms. The first-order valence-corrected chi connectivity index (χ1v) is 13.8. The normalized spacial score (nSPS) is 17.3. The van der Waals surface area contributed by atoms with Gasteiger partial charge in [0.1, 0.15) is 0 Å². The lowest BCUT2D eigenvalue weighted by Crippen LogP contribution is -2.36. The van der Waals surface area contributed by atoms with Crippen LogP contribution in [0.15, 0.2) is 77.0 Å². The number of carbonyl (C=O) groups excluding carboxylic acids is 2. The number of hydrazone groups is 1. The quantitative estimate of drug-likeness (QED) is 0.296. The fraction of sp³-hybridized carbons (Fsp3) is 0.0952. The third-order valence-corrected chi connectivity index (χ3v) is 8.44. The summed E-state index contributed by atoms with van der Waals surface area (Å²) in [5, 5.41) is 7.20. The smallest absolute Gasteiger partial charge is 0.309 e. The minimum Gasteiger partial charge on any atom is -0.328 e. The number of benzene rings is 2. The highest BCUT2D eigenvalue weighted by Gasteiger charge is 2.48. The van der Waals surface area contributed by atoms with Crippen LogP contribution in [0.2, 0.25) is 5.02 Å². The van der Waals surface area contributed by atoms with Crippen LogP contribution in [0.3, 0.4) is 0 Å².